The van der Waals surface area contributed by atoms with Crippen molar-refractivity contribution in [3.05, 3.63) is 95.1 Å². The van der Waals surface area contributed by atoms with Crippen molar-refractivity contribution >= 4 is 0 Å². The van der Waals surface area contributed by atoms with Gasteiger partial charge in [-0.05, 0) is 42.7 Å². The summed E-state index contributed by atoms with van der Waals surface area (Å²) in [5.41, 5.74) is 6.09. The molecule has 0 N–H and O–H groups in total. The van der Waals surface area contributed by atoms with Crippen LogP contribution in [0.5, 0.6) is 0 Å². The molecule has 0 saturated heterocycles. The van der Waals surface area contributed by atoms with Crippen LogP contribution in [-0.2, 0) is 11.8 Å². The first-order chi connectivity index (χ1) is 12.9. The Morgan fingerprint density at radius 2 is 1.33 bits per heavy atom. The van der Waals surface area contributed by atoms with Gasteiger partial charge in [-0.1, -0.05) is 119 Å². The van der Waals surface area contributed by atoms with E-state index in [9.17, 15) is 0 Å². The van der Waals surface area contributed by atoms with Crippen LogP contribution < -0.4 is 0 Å². The zero-order chi connectivity index (χ0) is 19.9. The van der Waals surface area contributed by atoms with E-state index in [1.807, 2.05) is 6.07 Å². The molecule has 0 nitrogen and oxygen atoms in total. The molecule has 0 fully saturated rings. The smallest absolute Gasteiger partial charge is 0.0137 e. The van der Waals surface area contributed by atoms with Gasteiger partial charge >= 0.3 is 0 Å². The van der Waals surface area contributed by atoms with Crippen molar-refractivity contribution in [1.82, 2.24) is 0 Å². The van der Waals surface area contributed by atoms with Gasteiger partial charge in [-0.3, -0.25) is 0 Å². The Labute approximate surface area is 167 Å². The van der Waals surface area contributed by atoms with Crippen LogP contribution in [0.25, 0.3) is 0 Å². The van der Waals surface area contributed by atoms with Gasteiger partial charge < -0.3 is 0 Å². The predicted molar refractivity (Wildman–Crippen MR) is 120 cm³/mol. The van der Waals surface area contributed by atoms with E-state index in [2.05, 4.69) is 108 Å². The van der Waals surface area contributed by atoms with E-state index in [1.165, 1.54) is 16.7 Å². The Kier molecular flexibility index (Phi) is 7.66. The normalized spacial score (nSPS) is 21.3. The van der Waals surface area contributed by atoms with Gasteiger partial charge in [-0.15, -0.1) is 0 Å². The number of hydrogen-bond acceptors (Lipinski definition) is 0. The maximum absolute atomic E-state index is 2.50. The van der Waals surface area contributed by atoms with Crippen molar-refractivity contribution in [1.29, 1.82) is 0 Å². The topological polar surface area (TPSA) is 0 Å². The molecule has 2 aromatic carbocycles. The van der Waals surface area contributed by atoms with E-state index < -0.39 is 0 Å². The van der Waals surface area contributed by atoms with Crippen molar-refractivity contribution < 1.29 is 0 Å². The van der Waals surface area contributed by atoms with Crippen LogP contribution in [0.15, 0.2) is 84.0 Å². The largest absolute Gasteiger partial charge is 0.0781 e. The predicted octanol–water partition coefficient (Wildman–Crippen LogP) is 7.76. The van der Waals surface area contributed by atoms with E-state index in [4.69, 9.17) is 0 Å². The lowest BCUT2D eigenvalue weighted by Crippen LogP contribution is -2.29. The fourth-order valence-electron chi connectivity index (χ4n) is 3.97. The molecule has 3 atom stereocenters. The van der Waals surface area contributed by atoms with Crippen molar-refractivity contribution in [2.75, 3.05) is 0 Å². The van der Waals surface area contributed by atoms with Crippen LogP contribution in [0.4, 0.5) is 0 Å². The molecule has 144 valence electrons. The van der Waals surface area contributed by atoms with Gasteiger partial charge in [-0.25, -0.2) is 0 Å². The molecule has 0 aliphatic heterocycles. The molecule has 0 radical (unpaired) electrons. The highest BCUT2D eigenvalue weighted by molar-refractivity contribution is 5.41. The monoisotopic (exact) mass is 360 g/mol. The average Bonchev–Trinajstić information content (AvgIpc) is 2.72. The lowest BCUT2D eigenvalue weighted by molar-refractivity contribution is 0.481. The summed E-state index contributed by atoms with van der Waals surface area (Å²) >= 11 is 0. The van der Waals surface area contributed by atoms with E-state index in [0.717, 1.165) is 12.8 Å². The maximum atomic E-state index is 2.50. The van der Waals surface area contributed by atoms with Gasteiger partial charge in [0.05, 0.1) is 0 Å². The zero-order valence-electron chi connectivity index (χ0n) is 18.0. The van der Waals surface area contributed by atoms with Crippen LogP contribution in [0.3, 0.4) is 0 Å². The van der Waals surface area contributed by atoms with Gasteiger partial charge in [0.1, 0.15) is 0 Å². The van der Waals surface area contributed by atoms with E-state index in [-0.39, 0.29) is 5.41 Å². The summed E-state index contributed by atoms with van der Waals surface area (Å²) in [6.45, 7) is 13.7. The molecule has 0 spiro atoms. The Bertz CT molecular complexity index is 751. The van der Waals surface area contributed by atoms with Gasteiger partial charge in [0.2, 0.25) is 0 Å². The number of rotatable bonds is 4. The van der Waals surface area contributed by atoms with Crippen LogP contribution in [0.2, 0.25) is 0 Å². The second kappa shape index (κ2) is 9.74. The maximum Gasteiger partial charge on any atom is 0.0137 e. The highest BCUT2D eigenvalue weighted by Crippen LogP contribution is 2.43. The van der Waals surface area contributed by atoms with Crippen LogP contribution in [-0.4, -0.2) is 0 Å². The lowest BCUT2D eigenvalue weighted by Gasteiger charge is -2.38. The molecule has 0 saturated carbocycles. The number of benzene rings is 2. The summed E-state index contributed by atoms with van der Waals surface area (Å²) in [4.78, 5) is 0. The molecule has 27 heavy (non-hydrogen) atoms. The second-order valence-corrected chi connectivity index (χ2v) is 8.00. The summed E-state index contributed by atoms with van der Waals surface area (Å²) in [5, 5.41) is 0. The minimum atomic E-state index is 0.159. The van der Waals surface area contributed by atoms with Crippen molar-refractivity contribution in [3.63, 3.8) is 0 Å². The fraction of sp³-hybridized carbons (Fsp3) is 0.407. The highest BCUT2D eigenvalue weighted by Gasteiger charge is 2.33. The number of hydrogen-bond donors (Lipinski definition) is 0. The average molecular weight is 361 g/mol. The van der Waals surface area contributed by atoms with Crippen LogP contribution in [0.1, 0.15) is 59.1 Å². The molecule has 0 heterocycles. The highest BCUT2D eigenvalue weighted by atomic mass is 14.4. The molecule has 1 aliphatic carbocycles. The molecular weight excluding hydrogens is 324 g/mol. The van der Waals surface area contributed by atoms with Gasteiger partial charge in [-0.2, -0.15) is 0 Å². The molecule has 1 aliphatic rings. The quantitative estimate of drug-likeness (QED) is 0.489. The lowest BCUT2D eigenvalue weighted by atomic mass is 9.66. The van der Waals surface area contributed by atoms with Gasteiger partial charge in [0.15, 0.2) is 0 Å². The molecule has 3 unspecified atom stereocenters. The van der Waals surface area contributed by atoms with Crippen molar-refractivity contribution in [3.8, 4) is 0 Å². The van der Waals surface area contributed by atoms with E-state index in [0.29, 0.717) is 11.8 Å². The van der Waals surface area contributed by atoms with Gasteiger partial charge in [0, 0.05) is 5.41 Å². The molecular formula is C27H36. The Morgan fingerprint density at radius 1 is 0.778 bits per heavy atom. The van der Waals surface area contributed by atoms with Crippen LogP contribution in [0, 0.1) is 11.8 Å². The molecule has 0 bridgehead atoms. The zero-order valence-corrected chi connectivity index (χ0v) is 18.0. The fourth-order valence-corrected chi connectivity index (χ4v) is 3.97. The molecule has 3 rings (SSSR count). The second-order valence-electron chi connectivity index (χ2n) is 8.00. The first-order valence-corrected chi connectivity index (χ1v) is 10.4. The Morgan fingerprint density at radius 3 is 1.81 bits per heavy atom. The number of aryl methyl sites for hydroxylation is 1. The van der Waals surface area contributed by atoms with Crippen molar-refractivity contribution in [2.24, 2.45) is 11.8 Å². The third-order valence-corrected chi connectivity index (χ3v) is 6.16. The third-order valence-electron chi connectivity index (χ3n) is 6.16. The van der Waals surface area contributed by atoms with E-state index >= 15 is 0 Å². The Balaban J connectivity index is 0.000000273. The summed E-state index contributed by atoms with van der Waals surface area (Å²) < 4.78 is 0. The minimum Gasteiger partial charge on any atom is -0.0781 e. The summed E-state index contributed by atoms with van der Waals surface area (Å²) in [7, 11) is 0. The summed E-state index contributed by atoms with van der Waals surface area (Å²) in [6.07, 6.45) is 7.22. The SMILES string of the molecule is CCC(C)(C1=CC(C)C(C)=CC1C)c1ccccc1.CCc1ccccc1. The van der Waals surface area contributed by atoms with Gasteiger partial charge in [0.25, 0.3) is 0 Å². The Hall–Kier alpha value is -2.08. The summed E-state index contributed by atoms with van der Waals surface area (Å²) in [6, 6.07) is 21.4. The first-order valence-electron chi connectivity index (χ1n) is 10.4. The molecule has 2 aromatic rings. The van der Waals surface area contributed by atoms with Crippen molar-refractivity contribution in [2.45, 2.75) is 59.8 Å². The molecule has 0 aromatic heterocycles. The summed E-state index contributed by atoms with van der Waals surface area (Å²) in [5.74, 6) is 1.11. The third kappa shape index (κ3) is 5.22. The molecule has 0 heteroatoms. The van der Waals surface area contributed by atoms with E-state index in [1.54, 1.807) is 5.57 Å². The minimum absolute atomic E-state index is 0.159. The molecule has 0 amide bonds. The standard InChI is InChI=1S/C19H26.C8H10/c1-6-19(5,17-10-8-7-9-11-17)18-13-15(3)14(2)12-16(18)4;1-2-8-6-4-3-5-7-8/h7-13,15-16H,6H2,1-5H3;3-7H,2H2,1H3. The number of allylic oxidation sites excluding steroid dienone is 4. The van der Waals surface area contributed by atoms with Crippen LogP contribution >= 0.6 is 0 Å². The first kappa shape index (κ1) is 21.2.